The lowest BCUT2D eigenvalue weighted by Gasteiger charge is -2.10. The molecule has 0 saturated heterocycles. The van der Waals surface area contributed by atoms with E-state index in [0.717, 1.165) is 17.7 Å². The Balaban J connectivity index is 2.09. The van der Waals surface area contributed by atoms with E-state index in [1.54, 1.807) is 19.1 Å². The third-order valence-corrected chi connectivity index (χ3v) is 5.01. The molecule has 126 valence electrons. The third kappa shape index (κ3) is 4.57. The van der Waals surface area contributed by atoms with E-state index in [0.29, 0.717) is 17.7 Å². The van der Waals surface area contributed by atoms with Gasteiger partial charge in [-0.25, -0.2) is 13.1 Å². The Morgan fingerprint density at radius 1 is 1.17 bits per heavy atom. The summed E-state index contributed by atoms with van der Waals surface area (Å²) < 4.78 is 33.0. The van der Waals surface area contributed by atoms with Gasteiger partial charge in [0.15, 0.2) is 0 Å². The van der Waals surface area contributed by atoms with Crippen molar-refractivity contribution in [2.24, 2.45) is 0 Å². The van der Waals surface area contributed by atoms with Crippen LogP contribution in [-0.4, -0.2) is 15.0 Å². The number of benzene rings is 2. The van der Waals surface area contributed by atoms with Crippen LogP contribution in [0.1, 0.15) is 30.0 Å². The quantitative estimate of drug-likeness (QED) is 0.837. The minimum atomic E-state index is -3.68. The van der Waals surface area contributed by atoms with Crippen molar-refractivity contribution in [3.05, 3.63) is 59.2 Å². The molecule has 0 radical (unpaired) electrons. The topological polar surface area (TPSA) is 79.2 Å². The van der Waals surface area contributed by atoms with E-state index in [-0.39, 0.29) is 11.4 Å². The molecule has 0 fully saturated rings. The number of hydrogen-bond acceptors (Lipinski definition) is 4. The first-order chi connectivity index (χ1) is 11.5. The van der Waals surface area contributed by atoms with E-state index < -0.39 is 10.0 Å². The van der Waals surface area contributed by atoms with E-state index >= 15 is 0 Å². The molecule has 2 rings (SSSR count). The van der Waals surface area contributed by atoms with E-state index in [1.807, 2.05) is 37.3 Å². The van der Waals surface area contributed by atoms with Gasteiger partial charge in [-0.2, -0.15) is 5.26 Å². The fourth-order valence-electron chi connectivity index (χ4n) is 2.14. The minimum absolute atomic E-state index is 0.129. The first-order valence-corrected chi connectivity index (χ1v) is 9.16. The predicted octanol–water partition coefficient (Wildman–Crippen LogP) is 3.13. The van der Waals surface area contributed by atoms with Crippen molar-refractivity contribution in [2.75, 3.05) is 6.61 Å². The molecule has 1 N–H and O–H groups in total. The van der Waals surface area contributed by atoms with Crippen LogP contribution in [0.4, 0.5) is 0 Å². The van der Waals surface area contributed by atoms with Crippen molar-refractivity contribution in [1.82, 2.24) is 4.72 Å². The first-order valence-electron chi connectivity index (χ1n) is 7.68. The lowest BCUT2D eigenvalue weighted by molar-refractivity contribution is 0.317. The number of hydrogen-bond donors (Lipinski definition) is 1. The standard InChI is InChI=1S/C18H20N2O3S/c1-3-10-23-17-8-6-15(7-9-17)13-20-24(21,22)18-11-16(12-19)5-4-14(18)2/h4-9,11,20H,3,10,13H2,1-2H3. The summed E-state index contributed by atoms with van der Waals surface area (Å²) in [5.41, 5.74) is 1.75. The second kappa shape index (κ2) is 7.95. The molecule has 0 atom stereocenters. The highest BCUT2D eigenvalue weighted by Gasteiger charge is 2.17. The maximum absolute atomic E-state index is 12.5. The number of aryl methyl sites for hydroxylation is 1. The average molecular weight is 344 g/mol. The number of nitriles is 1. The zero-order chi connectivity index (χ0) is 17.6. The third-order valence-electron chi connectivity index (χ3n) is 3.47. The Labute approximate surface area is 142 Å². The molecule has 0 saturated carbocycles. The zero-order valence-electron chi connectivity index (χ0n) is 13.7. The predicted molar refractivity (Wildman–Crippen MR) is 92.1 cm³/mol. The minimum Gasteiger partial charge on any atom is -0.494 e. The number of nitrogens with zero attached hydrogens (tertiary/aromatic N) is 1. The molecule has 2 aromatic carbocycles. The Kier molecular flexibility index (Phi) is 5.96. The second-order valence-electron chi connectivity index (χ2n) is 5.41. The van der Waals surface area contributed by atoms with Gasteiger partial charge in [0.05, 0.1) is 23.1 Å². The molecule has 0 aliphatic heterocycles. The Morgan fingerprint density at radius 3 is 2.50 bits per heavy atom. The molecule has 0 amide bonds. The van der Waals surface area contributed by atoms with Crippen molar-refractivity contribution in [2.45, 2.75) is 31.7 Å². The monoisotopic (exact) mass is 344 g/mol. The zero-order valence-corrected chi connectivity index (χ0v) is 14.6. The number of sulfonamides is 1. The van der Waals surface area contributed by atoms with Gasteiger partial charge in [0, 0.05) is 6.54 Å². The van der Waals surface area contributed by atoms with E-state index in [1.165, 1.54) is 6.07 Å². The highest BCUT2D eigenvalue weighted by Crippen LogP contribution is 2.18. The second-order valence-corrected chi connectivity index (χ2v) is 7.14. The summed E-state index contributed by atoms with van der Waals surface area (Å²) in [4.78, 5) is 0.129. The van der Waals surface area contributed by atoms with Crippen LogP contribution in [0.25, 0.3) is 0 Å². The Hall–Kier alpha value is -2.36. The van der Waals surface area contributed by atoms with Gasteiger partial charge in [-0.1, -0.05) is 25.1 Å². The summed E-state index contributed by atoms with van der Waals surface area (Å²) >= 11 is 0. The van der Waals surface area contributed by atoms with Gasteiger partial charge in [-0.15, -0.1) is 0 Å². The summed E-state index contributed by atoms with van der Waals surface area (Å²) in [7, 11) is -3.68. The maximum atomic E-state index is 12.5. The molecular weight excluding hydrogens is 324 g/mol. The Bertz CT molecular complexity index is 838. The molecule has 0 heterocycles. The van der Waals surface area contributed by atoms with Crippen LogP contribution in [0.5, 0.6) is 5.75 Å². The molecule has 5 nitrogen and oxygen atoms in total. The van der Waals surface area contributed by atoms with Gasteiger partial charge in [0.25, 0.3) is 0 Å². The van der Waals surface area contributed by atoms with Gasteiger partial charge in [0.2, 0.25) is 10.0 Å². The summed E-state index contributed by atoms with van der Waals surface area (Å²) in [6.45, 7) is 4.56. The van der Waals surface area contributed by atoms with Gasteiger partial charge in [-0.3, -0.25) is 0 Å². The average Bonchev–Trinajstić information content (AvgIpc) is 2.59. The Morgan fingerprint density at radius 2 is 1.88 bits per heavy atom. The van der Waals surface area contributed by atoms with Crippen LogP contribution in [0.3, 0.4) is 0 Å². The number of ether oxygens (including phenoxy) is 1. The van der Waals surface area contributed by atoms with Crippen molar-refractivity contribution in [1.29, 1.82) is 5.26 Å². The summed E-state index contributed by atoms with van der Waals surface area (Å²) in [6.07, 6.45) is 0.933. The SMILES string of the molecule is CCCOc1ccc(CNS(=O)(=O)c2cc(C#N)ccc2C)cc1. The lowest BCUT2D eigenvalue weighted by atomic mass is 10.2. The molecule has 6 heteroatoms. The molecule has 2 aromatic rings. The smallest absolute Gasteiger partial charge is 0.241 e. The van der Waals surface area contributed by atoms with Crippen molar-refractivity contribution in [3.8, 4) is 11.8 Å². The molecule has 0 spiro atoms. The van der Waals surface area contributed by atoms with Crippen molar-refractivity contribution < 1.29 is 13.2 Å². The summed E-state index contributed by atoms with van der Waals surface area (Å²) in [6, 6.07) is 13.9. The maximum Gasteiger partial charge on any atom is 0.241 e. The largest absolute Gasteiger partial charge is 0.494 e. The molecule has 0 unspecified atom stereocenters. The van der Waals surface area contributed by atoms with Crippen LogP contribution in [0.15, 0.2) is 47.4 Å². The fourth-order valence-corrected chi connectivity index (χ4v) is 3.42. The normalized spacial score (nSPS) is 11.0. The highest BCUT2D eigenvalue weighted by atomic mass is 32.2. The van der Waals surface area contributed by atoms with Gasteiger partial charge in [-0.05, 0) is 48.7 Å². The van der Waals surface area contributed by atoms with Crippen molar-refractivity contribution >= 4 is 10.0 Å². The molecule has 0 bridgehead atoms. The molecule has 0 aromatic heterocycles. The molecule has 0 aliphatic rings. The van der Waals surface area contributed by atoms with Crippen LogP contribution in [0, 0.1) is 18.3 Å². The van der Waals surface area contributed by atoms with Crippen LogP contribution in [-0.2, 0) is 16.6 Å². The van der Waals surface area contributed by atoms with Crippen LogP contribution < -0.4 is 9.46 Å². The van der Waals surface area contributed by atoms with Crippen molar-refractivity contribution in [3.63, 3.8) is 0 Å². The molecule has 24 heavy (non-hydrogen) atoms. The number of rotatable bonds is 7. The van der Waals surface area contributed by atoms with E-state index in [4.69, 9.17) is 10.00 Å². The van der Waals surface area contributed by atoms with E-state index in [9.17, 15) is 8.42 Å². The van der Waals surface area contributed by atoms with Crippen LogP contribution >= 0.6 is 0 Å². The highest BCUT2D eigenvalue weighted by molar-refractivity contribution is 7.89. The van der Waals surface area contributed by atoms with Gasteiger partial charge in [0.1, 0.15) is 5.75 Å². The lowest BCUT2D eigenvalue weighted by Crippen LogP contribution is -2.24. The van der Waals surface area contributed by atoms with E-state index in [2.05, 4.69) is 4.72 Å². The number of nitrogens with one attached hydrogen (secondary N) is 1. The van der Waals surface area contributed by atoms with Crippen LogP contribution in [0.2, 0.25) is 0 Å². The molecule has 0 aliphatic carbocycles. The molecular formula is C18H20N2O3S. The first kappa shape index (κ1) is 18.0. The van der Waals surface area contributed by atoms with Gasteiger partial charge >= 0.3 is 0 Å². The summed E-state index contributed by atoms with van der Waals surface area (Å²) in [5.74, 6) is 0.765. The van der Waals surface area contributed by atoms with Gasteiger partial charge < -0.3 is 4.74 Å². The summed E-state index contributed by atoms with van der Waals surface area (Å²) in [5, 5.41) is 8.94. The fraction of sp³-hybridized carbons (Fsp3) is 0.278.